The molecule has 2 amide bonds. The van der Waals surface area contributed by atoms with Crippen molar-refractivity contribution in [1.29, 1.82) is 0 Å². The van der Waals surface area contributed by atoms with E-state index < -0.39 is 11.9 Å². The van der Waals surface area contributed by atoms with Crippen molar-refractivity contribution in [2.24, 2.45) is 0 Å². The summed E-state index contributed by atoms with van der Waals surface area (Å²) in [7, 11) is 0. The largest absolute Gasteiger partial charge is 0.325 e. The van der Waals surface area contributed by atoms with Crippen molar-refractivity contribution in [3.05, 3.63) is 57.5 Å². The second-order valence-corrected chi connectivity index (χ2v) is 7.29. The molecule has 3 aromatic rings. The van der Waals surface area contributed by atoms with E-state index in [9.17, 15) is 9.59 Å². The first-order chi connectivity index (χ1) is 13.4. The number of aromatic nitrogens is 3. The number of halogens is 3. The topological polar surface area (TPSA) is 88.9 Å². The minimum atomic E-state index is -0.818. The van der Waals surface area contributed by atoms with Gasteiger partial charge in [-0.2, -0.15) is 4.98 Å². The Labute approximate surface area is 174 Å². The summed E-state index contributed by atoms with van der Waals surface area (Å²) in [5, 5.41) is 10.8. The molecule has 0 saturated carbocycles. The van der Waals surface area contributed by atoms with E-state index >= 15 is 0 Å². The molecule has 28 heavy (non-hydrogen) atoms. The van der Waals surface area contributed by atoms with Crippen LogP contribution in [-0.4, -0.2) is 26.6 Å². The molecule has 0 radical (unpaired) electrons. The molecule has 0 aliphatic carbocycles. The molecule has 0 fully saturated rings. The standard InChI is InChI=1S/C18H12Cl3N5O2/c19-10-6-4-9(5-7-10)16-23-18-24-17(28)13(26(18)25-16)8-14(27)22-12-3-1-2-11(20)15(12)21/h1-7,13H,8H2,(H,22,27)(H,23,24,25,28). The molecule has 2 N–H and O–H groups in total. The molecule has 1 aliphatic heterocycles. The summed E-state index contributed by atoms with van der Waals surface area (Å²) in [4.78, 5) is 29.0. The van der Waals surface area contributed by atoms with Gasteiger partial charge in [-0.15, -0.1) is 5.10 Å². The Balaban J connectivity index is 1.53. The average Bonchev–Trinajstić information content (AvgIpc) is 3.18. The fourth-order valence-corrected chi connectivity index (χ4v) is 3.28. The van der Waals surface area contributed by atoms with Crippen LogP contribution in [0.4, 0.5) is 11.6 Å². The Morgan fingerprint density at radius 2 is 1.89 bits per heavy atom. The van der Waals surface area contributed by atoms with Crippen LogP contribution in [0.2, 0.25) is 15.1 Å². The number of carbonyl (C=O) groups excluding carboxylic acids is 2. The minimum Gasteiger partial charge on any atom is -0.325 e. The monoisotopic (exact) mass is 435 g/mol. The smallest absolute Gasteiger partial charge is 0.252 e. The number of hydrogen-bond acceptors (Lipinski definition) is 4. The number of benzene rings is 2. The Morgan fingerprint density at radius 1 is 1.14 bits per heavy atom. The molecule has 2 heterocycles. The number of anilines is 2. The lowest BCUT2D eigenvalue weighted by Crippen LogP contribution is -2.23. The third-order valence-electron chi connectivity index (χ3n) is 4.17. The fraction of sp³-hybridized carbons (Fsp3) is 0.111. The summed E-state index contributed by atoms with van der Waals surface area (Å²) in [6.45, 7) is 0. The molecule has 1 atom stereocenters. The van der Waals surface area contributed by atoms with Crippen molar-refractivity contribution in [3.8, 4) is 11.4 Å². The van der Waals surface area contributed by atoms with E-state index in [0.717, 1.165) is 5.56 Å². The molecule has 1 aliphatic rings. The lowest BCUT2D eigenvalue weighted by Gasteiger charge is -2.11. The first-order valence-electron chi connectivity index (χ1n) is 8.19. The molecule has 1 unspecified atom stereocenters. The van der Waals surface area contributed by atoms with Crippen molar-refractivity contribution in [1.82, 2.24) is 14.8 Å². The van der Waals surface area contributed by atoms with Gasteiger partial charge in [-0.3, -0.25) is 14.9 Å². The van der Waals surface area contributed by atoms with Crippen LogP contribution in [0.15, 0.2) is 42.5 Å². The van der Waals surface area contributed by atoms with E-state index in [1.165, 1.54) is 4.68 Å². The fourth-order valence-electron chi connectivity index (χ4n) is 2.81. The van der Waals surface area contributed by atoms with Crippen molar-refractivity contribution < 1.29 is 9.59 Å². The zero-order valence-electron chi connectivity index (χ0n) is 14.1. The van der Waals surface area contributed by atoms with Gasteiger partial charge in [-0.05, 0) is 36.4 Å². The first-order valence-corrected chi connectivity index (χ1v) is 9.33. The summed E-state index contributed by atoms with van der Waals surface area (Å²) in [5.74, 6) is -0.0470. The lowest BCUT2D eigenvalue weighted by molar-refractivity contribution is -0.123. The summed E-state index contributed by atoms with van der Waals surface area (Å²) in [6, 6.07) is 11.1. The second kappa shape index (κ2) is 7.43. The minimum absolute atomic E-state index is 0.134. The van der Waals surface area contributed by atoms with E-state index in [2.05, 4.69) is 20.7 Å². The molecular weight excluding hydrogens is 425 g/mol. The van der Waals surface area contributed by atoms with Crippen LogP contribution in [0.5, 0.6) is 0 Å². The Kier molecular flexibility index (Phi) is 4.97. The van der Waals surface area contributed by atoms with E-state index in [0.29, 0.717) is 21.6 Å². The maximum atomic E-state index is 12.4. The lowest BCUT2D eigenvalue weighted by atomic mass is 10.2. The summed E-state index contributed by atoms with van der Waals surface area (Å²) >= 11 is 17.9. The number of nitrogens with zero attached hydrogens (tertiary/aromatic N) is 3. The van der Waals surface area contributed by atoms with E-state index in [1.807, 2.05) is 0 Å². The van der Waals surface area contributed by atoms with Gasteiger partial charge >= 0.3 is 0 Å². The van der Waals surface area contributed by atoms with E-state index in [1.54, 1.807) is 42.5 Å². The third kappa shape index (κ3) is 3.56. The van der Waals surface area contributed by atoms with Crippen LogP contribution in [-0.2, 0) is 9.59 Å². The van der Waals surface area contributed by atoms with Crippen LogP contribution in [0.25, 0.3) is 11.4 Å². The van der Waals surface area contributed by atoms with Crippen LogP contribution in [0.3, 0.4) is 0 Å². The quantitative estimate of drug-likeness (QED) is 0.633. The Hall–Kier alpha value is -2.61. The SMILES string of the molecule is O=C(CC1C(=O)Nc2nc(-c3ccc(Cl)cc3)nn21)Nc1cccc(Cl)c1Cl. The normalized spacial score (nSPS) is 15.2. The van der Waals surface area contributed by atoms with Gasteiger partial charge in [0, 0.05) is 10.6 Å². The van der Waals surface area contributed by atoms with Crippen molar-refractivity contribution in [2.75, 3.05) is 10.6 Å². The molecule has 0 bridgehead atoms. The van der Waals surface area contributed by atoms with Crippen LogP contribution in [0, 0.1) is 0 Å². The number of amides is 2. The molecule has 7 nitrogen and oxygen atoms in total. The zero-order valence-corrected chi connectivity index (χ0v) is 16.4. The number of nitrogens with one attached hydrogen (secondary N) is 2. The van der Waals surface area contributed by atoms with Gasteiger partial charge in [0.25, 0.3) is 5.91 Å². The maximum Gasteiger partial charge on any atom is 0.252 e. The highest BCUT2D eigenvalue weighted by Gasteiger charge is 2.35. The van der Waals surface area contributed by atoms with Crippen molar-refractivity contribution in [3.63, 3.8) is 0 Å². The predicted molar refractivity (Wildman–Crippen MR) is 108 cm³/mol. The van der Waals surface area contributed by atoms with Crippen LogP contribution < -0.4 is 10.6 Å². The maximum absolute atomic E-state index is 12.4. The molecule has 142 valence electrons. The first kappa shape index (κ1) is 18.7. The highest BCUT2D eigenvalue weighted by atomic mass is 35.5. The van der Waals surface area contributed by atoms with Gasteiger partial charge in [0.05, 0.1) is 22.2 Å². The number of hydrogen-bond donors (Lipinski definition) is 2. The highest BCUT2D eigenvalue weighted by molar-refractivity contribution is 6.44. The second-order valence-electron chi connectivity index (χ2n) is 6.07. The average molecular weight is 437 g/mol. The summed E-state index contributed by atoms with van der Waals surface area (Å²) < 4.78 is 1.41. The van der Waals surface area contributed by atoms with Crippen LogP contribution >= 0.6 is 34.8 Å². The van der Waals surface area contributed by atoms with E-state index in [-0.39, 0.29) is 23.3 Å². The molecule has 2 aromatic carbocycles. The molecule has 4 rings (SSSR count). The molecule has 0 spiro atoms. The molecular formula is C18H12Cl3N5O2. The summed E-state index contributed by atoms with van der Waals surface area (Å²) in [5.41, 5.74) is 1.12. The van der Waals surface area contributed by atoms with Gasteiger partial charge in [0.15, 0.2) is 5.82 Å². The number of rotatable bonds is 4. The van der Waals surface area contributed by atoms with Crippen molar-refractivity contribution in [2.45, 2.75) is 12.5 Å². The van der Waals surface area contributed by atoms with Crippen molar-refractivity contribution >= 4 is 58.3 Å². The van der Waals surface area contributed by atoms with Gasteiger partial charge in [-0.1, -0.05) is 40.9 Å². The third-order valence-corrected chi connectivity index (χ3v) is 5.24. The summed E-state index contributed by atoms with van der Waals surface area (Å²) in [6.07, 6.45) is -0.134. The molecule has 0 saturated heterocycles. The van der Waals surface area contributed by atoms with Gasteiger partial charge in [0.1, 0.15) is 6.04 Å². The Bertz CT molecular complexity index is 1080. The Morgan fingerprint density at radius 3 is 2.64 bits per heavy atom. The van der Waals surface area contributed by atoms with Crippen LogP contribution in [0.1, 0.15) is 12.5 Å². The predicted octanol–water partition coefficient (Wildman–Crippen LogP) is 4.43. The molecule has 1 aromatic heterocycles. The van der Waals surface area contributed by atoms with Gasteiger partial charge in [0.2, 0.25) is 11.9 Å². The molecule has 10 heteroatoms. The zero-order chi connectivity index (χ0) is 19.8. The highest BCUT2D eigenvalue weighted by Crippen LogP contribution is 2.31. The number of carbonyl (C=O) groups is 2. The number of fused-ring (bicyclic) bond motifs is 1. The van der Waals surface area contributed by atoms with E-state index in [4.69, 9.17) is 34.8 Å². The van der Waals surface area contributed by atoms with Gasteiger partial charge in [-0.25, -0.2) is 4.68 Å². The van der Waals surface area contributed by atoms with Gasteiger partial charge < -0.3 is 5.32 Å².